The minimum absolute atomic E-state index is 0.225. The second kappa shape index (κ2) is 6.41. The highest BCUT2D eigenvalue weighted by atomic mass is 35.5. The van der Waals surface area contributed by atoms with Crippen LogP contribution in [0.1, 0.15) is 37.3 Å². The van der Waals surface area contributed by atoms with Crippen LogP contribution in [0.2, 0.25) is 0 Å². The highest BCUT2D eigenvalue weighted by Gasteiger charge is 2.42. The molecule has 2 atom stereocenters. The molecule has 3 aliphatic heterocycles. The van der Waals surface area contributed by atoms with Crippen LogP contribution >= 0.6 is 11.6 Å². The number of benzene rings is 1. The number of allylic oxidation sites excluding steroid dienone is 1. The van der Waals surface area contributed by atoms with Crippen molar-refractivity contribution in [2.45, 2.75) is 38.2 Å². The van der Waals surface area contributed by atoms with Gasteiger partial charge in [0, 0.05) is 24.0 Å². The van der Waals surface area contributed by atoms with Crippen molar-refractivity contribution < 1.29 is 9.53 Å². The predicted octanol–water partition coefficient (Wildman–Crippen LogP) is 3.89. The summed E-state index contributed by atoms with van der Waals surface area (Å²) in [5, 5.41) is 0. The number of hydrogen-bond acceptors (Lipinski definition) is 5. The van der Waals surface area contributed by atoms with Gasteiger partial charge in [-0.3, -0.25) is 9.79 Å². The van der Waals surface area contributed by atoms with Crippen molar-refractivity contribution in [3.05, 3.63) is 46.9 Å². The topological polar surface area (TPSA) is 45.1 Å². The third-order valence-corrected chi connectivity index (χ3v) is 5.93. The van der Waals surface area contributed by atoms with Gasteiger partial charge in [-0.05, 0) is 38.2 Å². The molecule has 0 N–H and O–H groups in total. The molecule has 3 heterocycles. The zero-order chi connectivity index (χ0) is 18.5. The Bertz CT molecular complexity index is 903. The maximum atomic E-state index is 12.9. The molecule has 140 valence electrons. The lowest BCUT2D eigenvalue weighted by molar-refractivity contribution is -0.149. The van der Waals surface area contributed by atoms with E-state index in [0.717, 1.165) is 43.6 Å². The van der Waals surface area contributed by atoms with Crippen LogP contribution in [-0.2, 0) is 16.0 Å². The Balaban J connectivity index is 1.70. The first-order valence-electron chi connectivity index (χ1n) is 9.62. The predicted molar refractivity (Wildman–Crippen MR) is 106 cm³/mol. The highest BCUT2D eigenvalue weighted by Crippen LogP contribution is 2.48. The second-order valence-electron chi connectivity index (χ2n) is 7.43. The van der Waals surface area contributed by atoms with E-state index in [1.807, 2.05) is 12.4 Å². The van der Waals surface area contributed by atoms with Crippen LogP contribution in [0.5, 0.6) is 0 Å². The first-order valence-corrected chi connectivity index (χ1v) is 10.1. The van der Waals surface area contributed by atoms with Crippen molar-refractivity contribution >= 4 is 35.2 Å². The van der Waals surface area contributed by atoms with Crippen molar-refractivity contribution in [3.8, 4) is 0 Å². The summed E-state index contributed by atoms with van der Waals surface area (Å²) >= 11 is 5.96. The van der Waals surface area contributed by atoms with Crippen molar-refractivity contribution in [1.29, 1.82) is 0 Å². The van der Waals surface area contributed by atoms with Crippen molar-refractivity contribution in [2.24, 2.45) is 10.9 Å². The van der Waals surface area contributed by atoms with Crippen LogP contribution in [-0.4, -0.2) is 35.7 Å². The monoisotopic (exact) mass is 383 g/mol. The first kappa shape index (κ1) is 16.9. The summed E-state index contributed by atoms with van der Waals surface area (Å²) in [6, 6.07) is 6.51. The van der Waals surface area contributed by atoms with E-state index < -0.39 is 5.56 Å². The Labute approximate surface area is 163 Å². The van der Waals surface area contributed by atoms with Crippen LogP contribution in [0, 0.1) is 5.92 Å². The summed E-state index contributed by atoms with van der Waals surface area (Å²) in [6.07, 6.45) is 7.60. The number of rotatable bonds is 2. The number of aliphatic imine (C=N–C) groups is 1. The molecule has 1 aromatic carbocycles. The Hall–Kier alpha value is -2.27. The number of anilines is 1. The number of halogens is 1. The second-order valence-corrected chi connectivity index (χ2v) is 8.04. The van der Waals surface area contributed by atoms with Crippen LogP contribution < -0.4 is 4.90 Å². The zero-order valence-electron chi connectivity index (χ0n) is 15.3. The maximum absolute atomic E-state index is 12.9. The van der Waals surface area contributed by atoms with E-state index in [-0.39, 0.29) is 11.9 Å². The van der Waals surface area contributed by atoms with Crippen LogP contribution in [0.15, 0.2) is 40.8 Å². The number of carbonyl (C=O) groups excluding carboxylic acids is 1. The van der Waals surface area contributed by atoms with E-state index in [1.54, 1.807) is 6.92 Å². The molecule has 0 saturated carbocycles. The quantitative estimate of drug-likeness (QED) is 0.574. The van der Waals surface area contributed by atoms with Crippen LogP contribution in [0.3, 0.4) is 0 Å². The van der Waals surface area contributed by atoms with Crippen molar-refractivity contribution in [2.75, 3.05) is 18.0 Å². The average Bonchev–Trinajstić information content (AvgIpc) is 3.06. The normalized spacial score (nSPS) is 23.9. The van der Waals surface area contributed by atoms with Gasteiger partial charge in [0.1, 0.15) is 0 Å². The van der Waals surface area contributed by atoms with E-state index in [2.05, 4.69) is 33.0 Å². The van der Waals surface area contributed by atoms with Gasteiger partial charge < -0.3 is 14.5 Å². The van der Waals surface area contributed by atoms with E-state index >= 15 is 0 Å². The smallest absolute Gasteiger partial charge is 0.316 e. The molecule has 1 aliphatic carbocycles. The molecule has 0 bridgehead atoms. The molecule has 5 rings (SSSR count). The highest BCUT2D eigenvalue weighted by molar-refractivity contribution is 6.20. The standard InChI is InChI=1S/C21H22ClN3O2/c1-13(22)27-21(26)16-6-3-7-17-20(16)25-11-9-23-12-18(25)15-5-2-4-14-8-10-24(17)19(14)15/h2,4-5,9,12-13,16H,3,6-8,10-11H2,1H3. The lowest BCUT2D eigenvalue weighted by atomic mass is 9.88. The molecular weight excluding hydrogens is 362 g/mol. The minimum atomic E-state index is -0.622. The van der Waals surface area contributed by atoms with Gasteiger partial charge in [0.25, 0.3) is 0 Å². The number of hydrogen-bond donors (Lipinski definition) is 0. The largest absolute Gasteiger partial charge is 0.446 e. The van der Waals surface area contributed by atoms with Gasteiger partial charge >= 0.3 is 5.97 Å². The van der Waals surface area contributed by atoms with Crippen LogP contribution in [0.25, 0.3) is 5.70 Å². The van der Waals surface area contributed by atoms with Crippen molar-refractivity contribution in [3.63, 3.8) is 0 Å². The summed E-state index contributed by atoms with van der Waals surface area (Å²) in [6.45, 7) is 3.31. The number of fused-ring (bicyclic) bond motifs is 4. The number of esters is 1. The van der Waals surface area contributed by atoms with Crippen molar-refractivity contribution in [1.82, 2.24) is 4.90 Å². The van der Waals surface area contributed by atoms with E-state index in [0.29, 0.717) is 6.54 Å². The Morgan fingerprint density at radius 2 is 2.22 bits per heavy atom. The Morgan fingerprint density at radius 3 is 3.07 bits per heavy atom. The fourth-order valence-electron chi connectivity index (χ4n) is 4.82. The fourth-order valence-corrected chi connectivity index (χ4v) is 4.91. The lowest BCUT2D eigenvalue weighted by Crippen LogP contribution is -2.38. The maximum Gasteiger partial charge on any atom is 0.316 e. The Morgan fingerprint density at radius 1 is 1.33 bits per heavy atom. The SMILES string of the molecule is CC(Cl)OC(=O)C1CCCC2=C1N1CC=NC=C1c1cccc3c1N2CC3. The average molecular weight is 384 g/mol. The fraction of sp³-hybridized carbons (Fsp3) is 0.429. The molecule has 0 amide bonds. The summed E-state index contributed by atoms with van der Waals surface area (Å²) in [4.78, 5) is 22.0. The summed E-state index contributed by atoms with van der Waals surface area (Å²) in [5.74, 6) is -0.514. The molecule has 0 aromatic heterocycles. The third kappa shape index (κ3) is 2.59. The van der Waals surface area contributed by atoms with Gasteiger partial charge in [-0.25, -0.2) is 0 Å². The molecule has 4 aliphatic rings. The minimum Gasteiger partial charge on any atom is -0.446 e. The van der Waals surface area contributed by atoms with E-state index in [1.165, 1.54) is 22.5 Å². The zero-order valence-corrected chi connectivity index (χ0v) is 16.1. The summed E-state index contributed by atoms with van der Waals surface area (Å²) in [5.41, 5.74) is 6.65. The Kier molecular flexibility index (Phi) is 4.01. The molecular formula is C21H22ClN3O2. The van der Waals surface area contributed by atoms with E-state index in [4.69, 9.17) is 16.3 Å². The molecule has 5 nitrogen and oxygen atoms in total. The molecule has 0 saturated heterocycles. The number of para-hydroxylation sites is 1. The van der Waals surface area contributed by atoms with Crippen LogP contribution in [0.4, 0.5) is 5.69 Å². The first-order chi connectivity index (χ1) is 13.1. The summed E-state index contributed by atoms with van der Waals surface area (Å²) in [7, 11) is 0. The van der Waals surface area contributed by atoms with E-state index in [9.17, 15) is 4.79 Å². The molecule has 0 spiro atoms. The number of carbonyl (C=O) groups is 1. The molecule has 0 radical (unpaired) electrons. The number of ether oxygens (including phenoxy) is 1. The molecule has 2 unspecified atom stereocenters. The lowest BCUT2D eigenvalue weighted by Gasteiger charge is -2.37. The van der Waals surface area contributed by atoms with Gasteiger partial charge in [-0.1, -0.05) is 29.8 Å². The van der Waals surface area contributed by atoms with Gasteiger partial charge in [-0.15, -0.1) is 0 Å². The molecule has 1 aromatic rings. The number of alkyl halides is 1. The van der Waals surface area contributed by atoms with Gasteiger partial charge in [0.2, 0.25) is 0 Å². The molecule has 0 fully saturated rings. The van der Waals surface area contributed by atoms with Gasteiger partial charge in [0.15, 0.2) is 5.56 Å². The van der Waals surface area contributed by atoms with Gasteiger partial charge in [-0.2, -0.15) is 0 Å². The molecule has 27 heavy (non-hydrogen) atoms. The number of nitrogens with zero attached hydrogens (tertiary/aromatic N) is 3. The third-order valence-electron chi connectivity index (χ3n) is 5.84. The van der Waals surface area contributed by atoms with Gasteiger partial charge in [0.05, 0.1) is 35.7 Å². The summed E-state index contributed by atoms with van der Waals surface area (Å²) < 4.78 is 5.41. The molecule has 6 heteroatoms.